The summed E-state index contributed by atoms with van der Waals surface area (Å²) in [5.74, 6) is 0.0933. The second-order valence-corrected chi connectivity index (χ2v) is 8.69. The lowest BCUT2D eigenvalue weighted by Crippen LogP contribution is -2.33. The third kappa shape index (κ3) is 3.27. The third-order valence-electron chi connectivity index (χ3n) is 6.69. The second kappa shape index (κ2) is 7.69. The van der Waals surface area contributed by atoms with Crippen molar-refractivity contribution in [3.63, 3.8) is 0 Å². The topological polar surface area (TPSA) is 41.1 Å². The zero-order chi connectivity index (χ0) is 21.5. The first-order chi connectivity index (χ1) is 15.8. The van der Waals surface area contributed by atoms with Crippen LogP contribution in [-0.4, -0.2) is 5.78 Å². The van der Waals surface area contributed by atoms with Crippen LogP contribution >= 0.6 is 0 Å². The number of fused-ring (bicyclic) bond motifs is 3. The summed E-state index contributed by atoms with van der Waals surface area (Å²) in [7, 11) is 0. The summed E-state index contributed by atoms with van der Waals surface area (Å²) in [5, 5.41) is 9.70. The Morgan fingerprint density at radius 2 is 1.41 bits per heavy atom. The zero-order valence-corrected chi connectivity index (χ0v) is 17.7. The standard InChI is InChI=1S/C29H24N2O/c32-27-18-23(19-8-2-1-3-9-19)17-26-28(27)29(31-25-13-7-6-12-24(25)30-26)22-15-14-20-10-4-5-11-21(20)16-22/h1-17,23,28-31H,18H2. The summed E-state index contributed by atoms with van der Waals surface area (Å²) in [5.41, 5.74) is 5.33. The first kappa shape index (κ1) is 18.9. The molecule has 0 radical (unpaired) electrons. The Morgan fingerprint density at radius 3 is 2.25 bits per heavy atom. The van der Waals surface area contributed by atoms with Gasteiger partial charge in [-0.3, -0.25) is 4.79 Å². The normalized spacial score (nSPS) is 22.1. The lowest BCUT2D eigenvalue weighted by Gasteiger charge is -2.32. The molecule has 0 fully saturated rings. The lowest BCUT2D eigenvalue weighted by atomic mass is 9.76. The molecule has 1 heterocycles. The van der Waals surface area contributed by atoms with Gasteiger partial charge in [0.05, 0.1) is 23.3 Å². The highest BCUT2D eigenvalue weighted by molar-refractivity contribution is 5.91. The molecule has 0 amide bonds. The molecule has 0 saturated carbocycles. The van der Waals surface area contributed by atoms with Crippen molar-refractivity contribution < 1.29 is 4.79 Å². The number of Topliss-reactive ketones (excluding diaryl/α,β-unsaturated/α-hetero) is 1. The van der Waals surface area contributed by atoms with E-state index in [0.29, 0.717) is 6.42 Å². The van der Waals surface area contributed by atoms with E-state index in [2.05, 4.69) is 83.4 Å². The minimum Gasteiger partial charge on any atom is -0.375 e. The largest absolute Gasteiger partial charge is 0.375 e. The summed E-state index contributed by atoms with van der Waals surface area (Å²) in [6.07, 6.45) is 2.78. The van der Waals surface area contributed by atoms with Crippen LogP contribution in [-0.2, 0) is 4.79 Å². The van der Waals surface area contributed by atoms with E-state index in [1.54, 1.807) is 0 Å². The van der Waals surface area contributed by atoms with Crippen molar-refractivity contribution >= 4 is 27.9 Å². The third-order valence-corrected chi connectivity index (χ3v) is 6.69. The number of para-hydroxylation sites is 2. The molecule has 0 spiro atoms. The minimum absolute atomic E-state index is 0.0879. The Bertz CT molecular complexity index is 1340. The number of anilines is 2. The molecule has 3 nitrogen and oxygen atoms in total. The van der Waals surface area contributed by atoms with Gasteiger partial charge < -0.3 is 10.6 Å². The van der Waals surface area contributed by atoms with Crippen LogP contribution in [0.5, 0.6) is 0 Å². The summed E-state index contributed by atoms with van der Waals surface area (Å²) >= 11 is 0. The van der Waals surface area contributed by atoms with Gasteiger partial charge in [0.15, 0.2) is 0 Å². The van der Waals surface area contributed by atoms with Crippen LogP contribution < -0.4 is 10.6 Å². The van der Waals surface area contributed by atoms with Gasteiger partial charge in [-0.15, -0.1) is 0 Å². The van der Waals surface area contributed by atoms with Crippen molar-refractivity contribution in [1.29, 1.82) is 0 Å². The van der Waals surface area contributed by atoms with Crippen LogP contribution in [0.4, 0.5) is 11.4 Å². The number of carbonyl (C=O) groups is 1. The molecule has 6 rings (SSSR count). The Labute approximate surface area is 187 Å². The van der Waals surface area contributed by atoms with Gasteiger partial charge in [-0.25, -0.2) is 0 Å². The molecule has 4 aromatic carbocycles. The summed E-state index contributed by atoms with van der Waals surface area (Å²) in [6, 6.07) is 33.3. The van der Waals surface area contributed by atoms with Crippen LogP contribution in [0.3, 0.4) is 0 Å². The average Bonchev–Trinajstić information content (AvgIpc) is 3.01. The fourth-order valence-electron chi connectivity index (χ4n) is 5.10. The SMILES string of the molecule is O=C1CC(c2ccccc2)C=C2Nc3ccccc3NC(c3ccc4ccccc4c3)C12. The lowest BCUT2D eigenvalue weighted by molar-refractivity contribution is -0.122. The van der Waals surface area contributed by atoms with Crippen molar-refractivity contribution in [3.05, 3.63) is 120 Å². The number of nitrogens with one attached hydrogen (secondary N) is 2. The molecule has 32 heavy (non-hydrogen) atoms. The Morgan fingerprint density at radius 1 is 0.688 bits per heavy atom. The molecule has 2 aliphatic rings. The van der Waals surface area contributed by atoms with Crippen molar-refractivity contribution in [2.24, 2.45) is 5.92 Å². The maximum Gasteiger partial charge on any atom is 0.145 e. The second-order valence-electron chi connectivity index (χ2n) is 8.69. The molecule has 1 aliphatic heterocycles. The van der Waals surface area contributed by atoms with Gasteiger partial charge >= 0.3 is 0 Å². The van der Waals surface area contributed by atoms with Gasteiger partial charge in [0.25, 0.3) is 0 Å². The maximum absolute atomic E-state index is 13.6. The zero-order valence-electron chi connectivity index (χ0n) is 17.7. The van der Waals surface area contributed by atoms with Crippen LogP contribution in [0.15, 0.2) is 109 Å². The number of hydrogen-bond acceptors (Lipinski definition) is 3. The molecule has 1 aliphatic carbocycles. The highest BCUT2D eigenvalue weighted by Gasteiger charge is 2.39. The predicted octanol–water partition coefficient (Wildman–Crippen LogP) is 6.68. The van der Waals surface area contributed by atoms with E-state index in [1.807, 2.05) is 30.3 Å². The molecule has 156 valence electrons. The Balaban J connectivity index is 1.49. The molecular formula is C29H24N2O. The van der Waals surface area contributed by atoms with Crippen LogP contribution in [0, 0.1) is 5.92 Å². The first-order valence-electron chi connectivity index (χ1n) is 11.2. The number of ketones is 1. The minimum atomic E-state index is -0.261. The van der Waals surface area contributed by atoms with Gasteiger partial charge in [-0.2, -0.15) is 0 Å². The van der Waals surface area contributed by atoms with Crippen molar-refractivity contribution in [2.45, 2.75) is 18.4 Å². The summed E-state index contributed by atoms with van der Waals surface area (Å²) < 4.78 is 0. The number of hydrogen-bond donors (Lipinski definition) is 2. The fraction of sp³-hybridized carbons (Fsp3) is 0.138. The van der Waals surface area contributed by atoms with E-state index in [4.69, 9.17) is 0 Å². The number of carbonyl (C=O) groups excluding carboxylic acids is 1. The van der Waals surface area contributed by atoms with E-state index >= 15 is 0 Å². The molecule has 0 bridgehead atoms. The van der Waals surface area contributed by atoms with Crippen molar-refractivity contribution in [2.75, 3.05) is 10.6 Å². The van der Waals surface area contributed by atoms with Gasteiger partial charge in [0.1, 0.15) is 5.78 Å². The molecule has 3 atom stereocenters. The summed E-state index contributed by atoms with van der Waals surface area (Å²) in [4.78, 5) is 13.6. The van der Waals surface area contributed by atoms with E-state index in [-0.39, 0.29) is 23.7 Å². The van der Waals surface area contributed by atoms with Crippen LogP contribution in [0.1, 0.15) is 29.5 Å². The number of rotatable bonds is 2. The van der Waals surface area contributed by atoms with E-state index < -0.39 is 0 Å². The maximum atomic E-state index is 13.6. The van der Waals surface area contributed by atoms with E-state index in [1.165, 1.54) is 16.3 Å². The number of benzene rings is 4. The Hall–Kier alpha value is -3.85. The van der Waals surface area contributed by atoms with E-state index in [0.717, 1.165) is 22.6 Å². The van der Waals surface area contributed by atoms with Gasteiger partial charge in [0, 0.05) is 18.0 Å². The summed E-state index contributed by atoms with van der Waals surface area (Å²) in [6.45, 7) is 0. The number of allylic oxidation sites excluding steroid dienone is 1. The monoisotopic (exact) mass is 416 g/mol. The van der Waals surface area contributed by atoms with Gasteiger partial charge in [-0.05, 0) is 40.1 Å². The van der Waals surface area contributed by atoms with Crippen LogP contribution in [0.25, 0.3) is 10.8 Å². The Kier molecular flexibility index (Phi) is 4.53. The first-order valence-corrected chi connectivity index (χ1v) is 11.2. The highest BCUT2D eigenvalue weighted by Crippen LogP contribution is 2.44. The quantitative estimate of drug-likeness (QED) is 0.383. The van der Waals surface area contributed by atoms with Gasteiger partial charge in [0.2, 0.25) is 0 Å². The van der Waals surface area contributed by atoms with Crippen molar-refractivity contribution in [1.82, 2.24) is 0 Å². The molecule has 4 aromatic rings. The van der Waals surface area contributed by atoms with E-state index in [9.17, 15) is 4.79 Å². The predicted molar refractivity (Wildman–Crippen MR) is 131 cm³/mol. The average molecular weight is 417 g/mol. The van der Waals surface area contributed by atoms with Crippen LogP contribution in [0.2, 0.25) is 0 Å². The molecule has 0 saturated heterocycles. The highest BCUT2D eigenvalue weighted by atomic mass is 16.1. The molecule has 2 N–H and O–H groups in total. The smallest absolute Gasteiger partial charge is 0.145 e. The van der Waals surface area contributed by atoms with Crippen molar-refractivity contribution in [3.8, 4) is 0 Å². The molecule has 0 aromatic heterocycles. The molecular weight excluding hydrogens is 392 g/mol. The molecule has 3 unspecified atom stereocenters. The van der Waals surface area contributed by atoms with Gasteiger partial charge in [-0.1, -0.05) is 84.9 Å². The molecule has 3 heteroatoms. The fourth-order valence-corrected chi connectivity index (χ4v) is 5.10.